The van der Waals surface area contributed by atoms with Crippen LogP contribution in [0.1, 0.15) is 97.0 Å². The van der Waals surface area contributed by atoms with Crippen molar-refractivity contribution in [1.82, 2.24) is 0 Å². The summed E-state index contributed by atoms with van der Waals surface area (Å²) in [5.74, 6) is 2.93. The van der Waals surface area contributed by atoms with E-state index in [1.807, 2.05) is 26.0 Å². The number of carbonyl (C=O) groups is 1. The van der Waals surface area contributed by atoms with Gasteiger partial charge in [0.25, 0.3) is 10.1 Å². The van der Waals surface area contributed by atoms with Gasteiger partial charge in [-0.15, -0.1) is 0 Å². The van der Waals surface area contributed by atoms with Crippen molar-refractivity contribution in [3.63, 3.8) is 0 Å². The highest BCUT2D eigenvalue weighted by Crippen LogP contribution is 2.73. The van der Waals surface area contributed by atoms with Crippen molar-refractivity contribution >= 4 is 15.9 Å². The van der Waals surface area contributed by atoms with Crippen LogP contribution in [-0.4, -0.2) is 20.3 Å². The van der Waals surface area contributed by atoms with Crippen molar-refractivity contribution in [2.45, 2.75) is 109 Å². The summed E-state index contributed by atoms with van der Waals surface area (Å²) >= 11 is 0. The molecule has 4 saturated carbocycles. The van der Waals surface area contributed by atoms with Crippen LogP contribution in [0.5, 0.6) is 0 Å². The van der Waals surface area contributed by atoms with E-state index in [-0.39, 0.29) is 27.2 Å². The second kappa shape index (κ2) is 8.78. The van der Waals surface area contributed by atoms with Gasteiger partial charge in [0.15, 0.2) is 0 Å². The van der Waals surface area contributed by atoms with Gasteiger partial charge in [0.05, 0.1) is 11.0 Å². The largest absolute Gasteiger partial charge is 0.299 e. The lowest BCUT2D eigenvalue weighted by Gasteiger charge is -2.60. The van der Waals surface area contributed by atoms with Crippen molar-refractivity contribution in [2.75, 3.05) is 0 Å². The van der Waals surface area contributed by atoms with E-state index in [4.69, 9.17) is 4.18 Å². The molecule has 202 valence electrons. The molecule has 4 fully saturated rings. The van der Waals surface area contributed by atoms with E-state index in [1.165, 1.54) is 44.1 Å². The first kappa shape index (κ1) is 25.8. The molecule has 4 nitrogen and oxygen atoms in total. The molecule has 0 unspecified atom stereocenters. The Balaban J connectivity index is 1.24. The molecule has 0 N–H and O–H groups in total. The molecule has 5 heteroatoms. The number of ketones is 1. The van der Waals surface area contributed by atoms with Gasteiger partial charge >= 0.3 is 0 Å². The van der Waals surface area contributed by atoms with Gasteiger partial charge in [0, 0.05) is 5.41 Å². The molecule has 5 aliphatic rings. The van der Waals surface area contributed by atoms with E-state index in [0.29, 0.717) is 35.9 Å². The predicted octanol–water partition coefficient (Wildman–Crippen LogP) is 7.41. The predicted molar refractivity (Wildman–Crippen MR) is 145 cm³/mol. The molecular weight excluding hydrogens is 480 g/mol. The van der Waals surface area contributed by atoms with Crippen LogP contribution in [0, 0.1) is 46.8 Å². The lowest BCUT2D eigenvalue weighted by molar-refractivity contribution is -0.147. The molecule has 0 aliphatic heterocycles. The van der Waals surface area contributed by atoms with Gasteiger partial charge < -0.3 is 0 Å². The number of hydrogen-bond acceptors (Lipinski definition) is 4. The normalized spacial score (nSPS) is 43.1. The fourth-order valence-corrected chi connectivity index (χ4v) is 11.5. The molecule has 0 amide bonds. The summed E-state index contributed by atoms with van der Waals surface area (Å²) in [5, 5.41) is 0. The number of allylic oxidation sites excluding steroid dienone is 1. The summed E-state index contributed by atoms with van der Waals surface area (Å²) in [6.45, 7) is 8.79. The molecule has 0 spiro atoms. The van der Waals surface area contributed by atoms with Gasteiger partial charge in [-0.05, 0) is 118 Å². The zero-order valence-corrected chi connectivity index (χ0v) is 23.9. The van der Waals surface area contributed by atoms with E-state index in [2.05, 4.69) is 19.9 Å². The molecule has 0 saturated heterocycles. The Morgan fingerprint density at radius 3 is 2.46 bits per heavy atom. The monoisotopic (exact) mass is 524 g/mol. The quantitative estimate of drug-likeness (QED) is 0.304. The number of carbonyl (C=O) groups excluding carboxylic acids is 1. The van der Waals surface area contributed by atoms with E-state index in [0.717, 1.165) is 31.2 Å². The molecule has 5 aliphatic carbocycles. The molecule has 6 rings (SSSR count). The second-order valence-corrected chi connectivity index (χ2v) is 15.2. The average molecular weight is 525 g/mol. The van der Waals surface area contributed by atoms with Crippen molar-refractivity contribution in [2.24, 2.45) is 39.9 Å². The Bertz CT molecular complexity index is 1220. The topological polar surface area (TPSA) is 60.4 Å². The number of fused-ring (bicyclic) bond motifs is 7. The molecule has 0 radical (unpaired) electrons. The van der Waals surface area contributed by atoms with Crippen LogP contribution >= 0.6 is 0 Å². The number of hydrogen-bond donors (Lipinski definition) is 0. The number of rotatable bonds is 4. The van der Waals surface area contributed by atoms with Crippen LogP contribution in [-0.2, 0) is 19.1 Å². The lowest BCUT2D eigenvalue weighted by atomic mass is 9.44. The van der Waals surface area contributed by atoms with Gasteiger partial charge in [-0.1, -0.05) is 56.0 Å². The van der Waals surface area contributed by atoms with Crippen molar-refractivity contribution < 1.29 is 17.4 Å². The highest BCUT2D eigenvalue weighted by Gasteiger charge is 2.68. The first-order chi connectivity index (χ1) is 17.5. The SMILES string of the molecule is CC(=O)[C@@]12CCCC[C@@H]1C[C@H]1[C@@H]3CC=C4C[C@@H](OS(=O)(=O)c5ccc(C)cc5)CC[C@]4(C)[C@H]3CC[C@@]12C. The van der Waals surface area contributed by atoms with Crippen LogP contribution < -0.4 is 0 Å². The minimum atomic E-state index is -3.76. The summed E-state index contributed by atoms with van der Waals surface area (Å²) in [7, 11) is -3.76. The van der Waals surface area contributed by atoms with Gasteiger partial charge in [-0.2, -0.15) is 8.42 Å². The highest BCUT2D eigenvalue weighted by atomic mass is 32.2. The zero-order valence-electron chi connectivity index (χ0n) is 23.1. The van der Waals surface area contributed by atoms with E-state index < -0.39 is 10.1 Å². The van der Waals surface area contributed by atoms with Gasteiger partial charge in [0.1, 0.15) is 5.78 Å². The van der Waals surface area contributed by atoms with Crippen LogP contribution in [0.4, 0.5) is 0 Å². The number of aryl methyl sites for hydroxylation is 1. The maximum Gasteiger partial charge on any atom is 0.297 e. The van der Waals surface area contributed by atoms with Gasteiger partial charge in [-0.3, -0.25) is 8.98 Å². The third-order valence-electron chi connectivity index (χ3n) is 12.3. The van der Waals surface area contributed by atoms with Gasteiger partial charge in [0.2, 0.25) is 0 Å². The highest BCUT2D eigenvalue weighted by molar-refractivity contribution is 7.86. The standard InChI is InChI=1S/C32H44O4S/c1-21-8-11-26(12-9-21)37(34,35)36-25-14-17-30(3)23(19-25)10-13-27-28(30)15-18-31(4)29(27)20-24-7-5-6-16-32(24,31)22(2)33/h8-12,24-25,27-29H,5-7,13-20H2,1-4H3/t24-,25+,27-,28+,29+,30+,31+,32+/m1/s1. The van der Waals surface area contributed by atoms with Crippen LogP contribution in [0.3, 0.4) is 0 Å². The first-order valence-corrected chi connectivity index (χ1v) is 16.1. The minimum Gasteiger partial charge on any atom is -0.299 e. The van der Waals surface area contributed by atoms with Crippen LogP contribution in [0.15, 0.2) is 40.8 Å². The van der Waals surface area contributed by atoms with Crippen molar-refractivity contribution in [3.05, 3.63) is 41.5 Å². The van der Waals surface area contributed by atoms with E-state index in [9.17, 15) is 13.2 Å². The minimum absolute atomic E-state index is 0.0956. The summed E-state index contributed by atoms with van der Waals surface area (Å²) in [4.78, 5) is 13.6. The van der Waals surface area contributed by atoms with Crippen LogP contribution in [0.25, 0.3) is 0 Å². The van der Waals surface area contributed by atoms with E-state index >= 15 is 0 Å². The van der Waals surface area contributed by atoms with Crippen LogP contribution in [0.2, 0.25) is 0 Å². The third kappa shape index (κ3) is 3.69. The second-order valence-electron chi connectivity index (χ2n) is 13.6. The molecule has 0 aromatic heterocycles. The molecule has 0 bridgehead atoms. The fourth-order valence-electron chi connectivity index (χ4n) is 10.4. The molecule has 1 aromatic carbocycles. The third-order valence-corrected chi connectivity index (χ3v) is 13.7. The molecule has 0 heterocycles. The number of benzene rings is 1. The smallest absolute Gasteiger partial charge is 0.297 e. The molecular formula is C32H44O4S. The summed E-state index contributed by atoms with van der Waals surface area (Å²) in [6, 6.07) is 6.94. The molecule has 37 heavy (non-hydrogen) atoms. The fraction of sp³-hybridized carbons (Fsp3) is 0.719. The Kier molecular flexibility index (Phi) is 6.12. The Morgan fingerprint density at radius 2 is 1.73 bits per heavy atom. The van der Waals surface area contributed by atoms with E-state index in [1.54, 1.807) is 12.1 Å². The van der Waals surface area contributed by atoms with Crippen molar-refractivity contribution in [3.8, 4) is 0 Å². The first-order valence-electron chi connectivity index (χ1n) is 14.7. The zero-order chi connectivity index (χ0) is 26.2. The summed E-state index contributed by atoms with van der Waals surface area (Å²) in [6.07, 6.45) is 14.2. The maximum absolute atomic E-state index is 13.3. The van der Waals surface area contributed by atoms with Crippen molar-refractivity contribution in [1.29, 1.82) is 0 Å². The average Bonchev–Trinajstić information content (AvgIpc) is 3.14. The summed E-state index contributed by atoms with van der Waals surface area (Å²) in [5.41, 5.74) is 2.61. The Hall–Kier alpha value is -1.46. The van der Waals surface area contributed by atoms with Gasteiger partial charge in [-0.25, -0.2) is 0 Å². The Labute approximate surface area is 223 Å². The Morgan fingerprint density at radius 1 is 0.973 bits per heavy atom. The maximum atomic E-state index is 13.3. The molecule has 8 atom stereocenters. The lowest BCUT2D eigenvalue weighted by Crippen LogP contribution is -2.55. The number of Topliss-reactive ketones (excluding diaryl/α,β-unsaturated/α-hetero) is 1. The molecule has 1 aromatic rings. The summed E-state index contributed by atoms with van der Waals surface area (Å²) < 4.78 is 31.8.